The summed E-state index contributed by atoms with van der Waals surface area (Å²) in [6.45, 7) is 6.43. The maximum Gasteiger partial charge on any atom is 0.341 e. The minimum absolute atomic E-state index is 0.147. The molecule has 1 unspecified atom stereocenters. The first-order valence-electron chi connectivity index (χ1n) is 10.5. The van der Waals surface area contributed by atoms with Crippen molar-refractivity contribution in [1.82, 2.24) is 4.57 Å². The number of pyridine rings is 1. The predicted octanol–water partition coefficient (Wildman–Crippen LogP) is 4.26. The fraction of sp³-hybridized carbons (Fsp3) is 0.478. The molecule has 1 atom stereocenters. The lowest BCUT2D eigenvalue weighted by Gasteiger charge is -2.24. The second-order valence-electron chi connectivity index (χ2n) is 8.42. The average Bonchev–Trinajstić information content (AvgIpc) is 2.88. The van der Waals surface area contributed by atoms with Crippen molar-refractivity contribution in [2.75, 3.05) is 26.4 Å². The molecule has 166 valence electrons. The standard InChI is InChI=1S/C23H26ClNO6/c1-13(2)19-12-31-21-9-22(30-11-14-3-5-29-6-4-14)17(24)7-15(21)18-8-20(26)16(23(27)28)10-25(18)19/h7-10,13-14,19H,3-6,11-12H2,1-2H3,(H,27,28). The highest BCUT2D eigenvalue weighted by molar-refractivity contribution is 6.32. The van der Waals surface area contributed by atoms with Crippen LogP contribution in [0.2, 0.25) is 5.02 Å². The van der Waals surface area contributed by atoms with Gasteiger partial charge in [0.1, 0.15) is 23.7 Å². The number of hydrogen-bond acceptors (Lipinski definition) is 5. The monoisotopic (exact) mass is 447 g/mol. The van der Waals surface area contributed by atoms with Gasteiger partial charge in [-0.05, 0) is 30.7 Å². The first-order chi connectivity index (χ1) is 14.8. The van der Waals surface area contributed by atoms with Gasteiger partial charge in [-0.15, -0.1) is 0 Å². The van der Waals surface area contributed by atoms with Crippen molar-refractivity contribution < 1.29 is 24.1 Å². The molecule has 4 rings (SSSR count). The minimum atomic E-state index is -1.25. The number of benzene rings is 1. The highest BCUT2D eigenvalue weighted by atomic mass is 35.5. The maximum atomic E-state index is 12.5. The Labute approximate surface area is 185 Å². The van der Waals surface area contributed by atoms with E-state index >= 15 is 0 Å². The molecular formula is C23H26ClNO6. The molecule has 1 N–H and O–H groups in total. The summed E-state index contributed by atoms with van der Waals surface area (Å²) >= 11 is 6.53. The van der Waals surface area contributed by atoms with Gasteiger partial charge in [0.2, 0.25) is 0 Å². The van der Waals surface area contributed by atoms with Crippen molar-refractivity contribution in [2.24, 2.45) is 11.8 Å². The Kier molecular flexibility index (Phi) is 6.25. The summed E-state index contributed by atoms with van der Waals surface area (Å²) in [5, 5.41) is 9.83. The van der Waals surface area contributed by atoms with E-state index in [0.29, 0.717) is 46.9 Å². The van der Waals surface area contributed by atoms with Gasteiger partial charge in [0, 0.05) is 37.1 Å². The molecule has 2 aromatic rings. The highest BCUT2D eigenvalue weighted by Crippen LogP contribution is 2.42. The Balaban J connectivity index is 1.73. The number of rotatable bonds is 5. The zero-order chi connectivity index (χ0) is 22.1. The quantitative estimate of drug-likeness (QED) is 0.736. The van der Waals surface area contributed by atoms with Crippen LogP contribution in [0.4, 0.5) is 0 Å². The van der Waals surface area contributed by atoms with Gasteiger partial charge in [-0.3, -0.25) is 4.79 Å². The van der Waals surface area contributed by atoms with Crippen LogP contribution >= 0.6 is 11.6 Å². The number of carboxylic acid groups (broad SMARTS) is 1. The minimum Gasteiger partial charge on any atom is -0.492 e. The van der Waals surface area contributed by atoms with Crippen LogP contribution in [0.15, 0.2) is 29.2 Å². The van der Waals surface area contributed by atoms with Gasteiger partial charge < -0.3 is 23.9 Å². The van der Waals surface area contributed by atoms with Crippen LogP contribution in [0, 0.1) is 11.8 Å². The molecule has 1 fully saturated rings. The van der Waals surface area contributed by atoms with Crippen LogP contribution in [-0.2, 0) is 4.74 Å². The Bertz CT molecular complexity index is 1040. The summed E-state index contributed by atoms with van der Waals surface area (Å²) in [6, 6.07) is 4.70. The normalized spacial score (nSPS) is 18.6. The van der Waals surface area contributed by atoms with Crippen molar-refractivity contribution >= 4 is 17.6 Å². The number of nitrogens with zero attached hydrogens (tertiary/aromatic N) is 1. The van der Waals surface area contributed by atoms with Gasteiger partial charge in [-0.2, -0.15) is 0 Å². The fourth-order valence-electron chi connectivity index (χ4n) is 4.06. The molecule has 1 aromatic heterocycles. The van der Waals surface area contributed by atoms with E-state index in [1.807, 2.05) is 18.4 Å². The summed E-state index contributed by atoms with van der Waals surface area (Å²) in [7, 11) is 0. The molecule has 1 saturated heterocycles. The molecule has 2 aliphatic heterocycles. The summed E-state index contributed by atoms with van der Waals surface area (Å²) in [5.74, 6) is 0.417. The largest absolute Gasteiger partial charge is 0.492 e. The van der Waals surface area contributed by atoms with Gasteiger partial charge in [-0.1, -0.05) is 25.4 Å². The number of hydrogen-bond donors (Lipinski definition) is 1. The van der Waals surface area contributed by atoms with Gasteiger partial charge in [0.25, 0.3) is 0 Å². The van der Waals surface area contributed by atoms with E-state index in [9.17, 15) is 14.7 Å². The third-order valence-corrected chi connectivity index (χ3v) is 6.27. The van der Waals surface area contributed by atoms with Crippen molar-refractivity contribution in [3.8, 4) is 22.8 Å². The molecule has 7 nitrogen and oxygen atoms in total. The molecule has 0 saturated carbocycles. The van der Waals surface area contributed by atoms with Crippen LogP contribution in [0.1, 0.15) is 43.1 Å². The van der Waals surface area contributed by atoms with Crippen molar-refractivity contribution in [3.05, 3.63) is 45.2 Å². The number of aromatic nitrogens is 1. The second-order valence-corrected chi connectivity index (χ2v) is 8.82. The fourth-order valence-corrected chi connectivity index (χ4v) is 4.27. The molecule has 0 aliphatic carbocycles. The maximum absolute atomic E-state index is 12.5. The van der Waals surface area contributed by atoms with E-state index in [0.717, 1.165) is 26.1 Å². The number of fused-ring (bicyclic) bond motifs is 3. The van der Waals surface area contributed by atoms with Crippen LogP contribution in [0.3, 0.4) is 0 Å². The summed E-state index contributed by atoms with van der Waals surface area (Å²) in [6.07, 6.45) is 3.32. The van der Waals surface area contributed by atoms with E-state index in [1.165, 1.54) is 12.3 Å². The zero-order valence-electron chi connectivity index (χ0n) is 17.6. The predicted molar refractivity (Wildman–Crippen MR) is 117 cm³/mol. The van der Waals surface area contributed by atoms with Crippen LogP contribution in [0.25, 0.3) is 11.3 Å². The number of halogens is 1. The molecule has 31 heavy (non-hydrogen) atoms. The van der Waals surface area contributed by atoms with Crippen LogP contribution < -0.4 is 14.9 Å². The van der Waals surface area contributed by atoms with Crippen LogP contribution in [0.5, 0.6) is 11.5 Å². The zero-order valence-corrected chi connectivity index (χ0v) is 18.4. The lowest BCUT2D eigenvalue weighted by Crippen LogP contribution is -2.25. The lowest BCUT2D eigenvalue weighted by molar-refractivity contribution is 0.0497. The summed E-state index contributed by atoms with van der Waals surface area (Å²) < 4.78 is 19.3. The lowest BCUT2D eigenvalue weighted by atomic mass is 10.0. The topological polar surface area (TPSA) is 87.0 Å². The molecule has 0 amide bonds. The van der Waals surface area contributed by atoms with Gasteiger partial charge in [0.05, 0.1) is 23.4 Å². The number of carbonyl (C=O) groups is 1. The Hall–Kier alpha value is -2.51. The molecule has 0 bridgehead atoms. The number of ether oxygens (including phenoxy) is 3. The molecule has 2 aliphatic rings. The van der Waals surface area contributed by atoms with E-state index in [4.69, 9.17) is 25.8 Å². The van der Waals surface area contributed by atoms with Crippen molar-refractivity contribution in [1.29, 1.82) is 0 Å². The number of aromatic carboxylic acids is 1. The average molecular weight is 448 g/mol. The van der Waals surface area contributed by atoms with Gasteiger partial charge in [0.15, 0.2) is 5.43 Å². The SMILES string of the molecule is CC(C)C1COc2cc(OCC3CCOCC3)c(Cl)cc2-c2cc(=O)c(C(=O)O)cn21. The van der Waals surface area contributed by atoms with E-state index in [-0.39, 0.29) is 17.5 Å². The Morgan fingerprint density at radius 1 is 1.29 bits per heavy atom. The first kappa shape index (κ1) is 21.7. The van der Waals surface area contributed by atoms with Crippen LogP contribution in [-0.4, -0.2) is 42.1 Å². The van der Waals surface area contributed by atoms with Crippen molar-refractivity contribution in [2.45, 2.75) is 32.7 Å². The first-order valence-corrected chi connectivity index (χ1v) is 10.9. The van der Waals surface area contributed by atoms with Gasteiger partial charge in [-0.25, -0.2) is 4.79 Å². The third kappa shape index (κ3) is 4.43. The molecule has 0 radical (unpaired) electrons. The molecule has 0 spiro atoms. The highest BCUT2D eigenvalue weighted by Gasteiger charge is 2.28. The van der Waals surface area contributed by atoms with E-state index < -0.39 is 11.4 Å². The molecule has 3 heterocycles. The smallest absolute Gasteiger partial charge is 0.341 e. The van der Waals surface area contributed by atoms with E-state index in [2.05, 4.69) is 0 Å². The summed E-state index contributed by atoms with van der Waals surface area (Å²) in [5.41, 5.74) is 0.408. The summed E-state index contributed by atoms with van der Waals surface area (Å²) in [4.78, 5) is 24.0. The Morgan fingerprint density at radius 3 is 2.71 bits per heavy atom. The Morgan fingerprint density at radius 2 is 2.03 bits per heavy atom. The second kappa shape index (κ2) is 8.93. The molecular weight excluding hydrogens is 422 g/mol. The molecule has 8 heteroatoms. The number of carboxylic acids is 1. The third-order valence-electron chi connectivity index (χ3n) is 5.97. The van der Waals surface area contributed by atoms with Crippen molar-refractivity contribution in [3.63, 3.8) is 0 Å². The molecule has 1 aromatic carbocycles. The van der Waals surface area contributed by atoms with Gasteiger partial charge >= 0.3 is 5.97 Å². The van der Waals surface area contributed by atoms with E-state index in [1.54, 1.807) is 12.1 Å².